The summed E-state index contributed by atoms with van der Waals surface area (Å²) in [5.74, 6) is -0.690. The van der Waals surface area contributed by atoms with Crippen molar-refractivity contribution < 1.29 is 19.4 Å². The molecule has 0 bridgehead atoms. The van der Waals surface area contributed by atoms with Gasteiger partial charge in [-0.25, -0.2) is 4.98 Å². The number of aliphatic carboxylic acids is 1. The van der Waals surface area contributed by atoms with E-state index in [4.69, 9.17) is 4.74 Å². The highest BCUT2D eigenvalue weighted by molar-refractivity contribution is 5.95. The van der Waals surface area contributed by atoms with Gasteiger partial charge in [-0.15, -0.1) is 0 Å². The molecular formula is C22H19N3O4. The zero-order valence-electron chi connectivity index (χ0n) is 15.6. The largest absolute Gasteiger partial charge is 0.492 e. The third-order valence-corrected chi connectivity index (χ3v) is 5.95. The maximum absolute atomic E-state index is 13.1. The number of carboxylic acid groups (broad SMARTS) is 1. The number of aromatic nitrogens is 2. The summed E-state index contributed by atoms with van der Waals surface area (Å²) in [4.78, 5) is 31.0. The Labute approximate surface area is 167 Å². The average Bonchev–Trinajstić information content (AvgIpc) is 3.42. The number of nitrogens with zero attached hydrogens (tertiary/aromatic N) is 3. The molecule has 1 aromatic heterocycles. The predicted molar refractivity (Wildman–Crippen MR) is 104 cm³/mol. The minimum atomic E-state index is -1.12. The highest BCUT2D eigenvalue weighted by atomic mass is 16.5. The van der Waals surface area contributed by atoms with Crippen molar-refractivity contribution in [2.45, 2.75) is 5.92 Å². The van der Waals surface area contributed by atoms with E-state index in [0.29, 0.717) is 17.9 Å². The molecule has 0 radical (unpaired) electrons. The molecule has 0 saturated carbocycles. The number of likely N-dealkylation sites (tertiary alicyclic amines) is 1. The quantitative estimate of drug-likeness (QED) is 0.744. The monoisotopic (exact) mass is 389 g/mol. The van der Waals surface area contributed by atoms with Crippen molar-refractivity contribution in [2.75, 3.05) is 19.7 Å². The van der Waals surface area contributed by atoms with Crippen molar-refractivity contribution in [3.63, 3.8) is 0 Å². The van der Waals surface area contributed by atoms with Gasteiger partial charge in [-0.05, 0) is 30.3 Å². The van der Waals surface area contributed by atoms with Gasteiger partial charge in [-0.3, -0.25) is 9.59 Å². The van der Waals surface area contributed by atoms with Crippen LogP contribution in [0.1, 0.15) is 21.8 Å². The first-order valence-electron chi connectivity index (χ1n) is 9.41. The van der Waals surface area contributed by atoms with Gasteiger partial charge in [-0.1, -0.05) is 18.2 Å². The number of ether oxygens (including phenoxy) is 1. The molecule has 1 fully saturated rings. The Morgan fingerprint density at radius 1 is 1.14 bits per heavy atom. The molecule has 2 aliphatic rings. The normalized spacial score (nSPS) is 22.5. The molecule has 1 amide bonds. The molecular weight excluding hydrogens is 370 g/mol. The van der Waals surface area contributed by atoms with Crippen LogP contribution in [0.4, 0.5) is 0 Å². The van der Waals surface area contributed by atoms with Crippen LogP contribution in [-0.4, -0.2) is 51.1 Å². The van der Waals surface area contributed by atoms with Gasteiger partial charge in [0.05, 0.1) is 6.33 Å². The molecule has 3 heterocycles. The summed E-state index contributed by atoms with van der Waals surface area (Å²) < 4.78 is 7.62. The number of amides is 1. The number of para-hydroxylation sites is 1. The minimum absolute atomic E-state index is 0.0629. The maximum Gasteiger partial charge on any atom is 0.315 e. The molecule has 2 aliphatic heterocycles. The average molecular weight is 389 g/mol. The zero-order valence-corrected chi connectivity index (χ0v) is 15.6. The fourth-order valence-corrected chi connectivity index (χ4v) is 4.36. The van der Waals surface area contributed by atoms with Gasteiger partial charge in [0.1, 0.15) is 17.8 Å². The Morgan fingerprint density at radius 3 is 2.66 bits per heavy atom. The Hall–Kier alpha value is -3.61. The number of hydrogen-bond acceptors (Lipinski definition) is 4. The first-order valence-corrected chi connectivity index (χ1v) is 9.41. The van der Waals surface area contributed by atoms with E-state index in [0.717, 1.165) is 11.3 Å². The van der Waals surface area contributed by atoms with Gasteiger partial charge in [0, 0.05) is 48.2 Å². The van der Waals surface area contributed by atoms with E-state index < -0.39 is 11.4 Å². The number of carbonyl (C=O) groups excluding carboxylic acids is 1. The van der Waals surface area contributed by atoms with E-state index in [1.807, 2.05) is 47.2 Å². The molecule has 1 N–H and O–H groups in total. The molecule has 0 aliphatic carbocycles. The zero-order chi connectivity index (χ0) is 20.0. The number of hydrogen-bond donors (Lipinski definition) is 1. The van der Waals surface area contributed by atoms with Crippen LogP contribution in [0.5, 0.6) is 5.75 Å². The summed E-state index contributed by atoms with van der Waals surface area (Å²) in [7, 11) is 0. The van der Waals surface area contributed by atoms with Crippen LogP contribution in [0.2, 0.25) is 0 Å². The fraction of sp³-hybridized carbons (Fsp3) is 0.227. The highest BCUT2D eigenvalue weighted by Crippen LogP contribution is 2.49. The number of carbonyl (C=O) groups is 2. The second-order valence-corrected chi connectivity index (χ2v) is 7.54. The first-order chi connectivity index (χ1) is 14.1. The van der Waals surface area contributed by atoms with Crippen LogP contribution in [-0.2, 0) is 4.79 Å². The van der Waals surface area contributed by atoms with Crippen LogP contribution in [0, 0.1) is 5.41 Å². The van der Waals surface area contributed by atoms with Gasteiger partial charge in [0.15, 0.2) is 0 Å². The van der Waals surface area contributed by atoms with E-state index in [1.54, 1.807) is 29.6 Å². The maximum atomic E-state index is 13.1. The van der Waals surface area contributed by atoms with Crippen LogP contribution in [0.3, 0.4) is 0 Å². The second-order valence-electron chi connectivity index (χ2n) is 7.54. The lowest BCUT2D eigenvalue weighted by Crippen LogP contribution is -2.46. The van der Waals surface area contributed by atoms with Gasteiger partial charge in [-0.2, -0.15) is 0 Å². The van der Waals surface area contributed by atoms with Gasteiger partial charge in [0.25, 0.3) is 5.91 Å². The first kappa shape index (κ1) is 17.5. The lowest BCUT2D eigenvalue weighted by atomic mass is 9.73. The third-order valence-electron chi connectivity index (χ3n) is 5.95. The molecule has 29 heavy (non-hydrogen) atoms. The third kappa shape index (κ3) is 2.69. The van der Waals surface area contributed by atoms with E-state index in [1.165, 1.54) is 0 Å². The summed E-state index contributed by atoms with van der Waals surface area (Å²) in [6.07, 6.45) is 5.21. The minimum Gasteiger partial charge on any atom is -0.492 e. The van der Waals surface area contributed by atoms with E-state index in [-0.39, 0.29) is 25.0 Å². The van der Waals surface area contributed by atoms with Gasteiger partial charge < -0.3 is 19.3 Å². The van der Waals surface area contributed by atoms with Crippen molar-refractivity contribution in [3.8, 4) is 11.4 Å². The van der Waals surface area contributed by atoms with Crippen LogP contribution in [0.15, 0.2) is 67.3 Å². The molecule has 3 aromatic rings. The SMILES string of the molecule is O=C(c1ccc(-n2ccnc2)cc1)N1C[C@H]2c3ccccc3OC[C@@]2(C(=O)O)C1. The molecule has 146 valence electrons. The van der Waals surface area contributed by atoms with E-state index in [2.05, 4.69) is 4.98 Å². The molecule has 1 saturated heterocycles. The number of rotatable bonds is 3. The second kappa shape index (κ2) is 6.48. The molecule has 0 unspecified atom stereocenters. The fourth-order valence-electron chi connectivity index (χ4n) is 4.36. The summed E-state index contributed by atoms with van der Waals surface area (Å²) in [6.45, 7) is 0.547. The topological polar surface area (TPSA) is 84.7 Å². The van der Waals surface area contributed by atoms with Gasteiger partial charge in [0.2, 0.25) is 0 Å². The Morgan fingerprint density at radius 2 is 1.93 bits per heavy atom. The molecule has 0 spiro atoms. The van der Waals surface area contributed by atoms with Crippen molar-refractivity contribution in [3.05, 3.63) is 78.4 Å². The highest BCUT2D eigenvalue weighted by Gasteiger charge is 2.57. The Bertz CT molecular complexity index is 1080. The lowest BCUT2D eigenvalue weighted by molar-refractivity contribution is -0.151. The van der Waals surface area contributed by atoms with Crippen LogP contribution >= 0.6 is 0 Å². The summed E-state index contributed by atoms with van der Waals surface area (Å²) in [5, 5.41) is 10.0. The van der Waals surface area contributed by atoms with Gasteiger partial charge >= 0.3 is 5.97 Å². The van der Waals surface area contributed by atoms with Crippen molar-refractivity contribution in [1.82, 2.24) is 14.5 Å². The van der Waals surface area contributed by atoms with Crippen molar-refractivity contribution >= 4 is 11.9 Å². The molecule has 5 rings (SSSR count). The summed E-state index contributed by atoms with van der Waals surface area (Å²) >= 11 is 0. The van der Waals surface area contributed by atoms with Crippen LogP contribution < -0.4 is 4.74 Å². The van der Waals surface area contributed by atoms with E-state index >= 15 is 0 Å². The van der Waals surface area contributed by atoms with Crippen molar-refractivity contribution in [2.24, 2.45) is 5.41 Å². The lowest BCUT2D eigenvalue weighted by Gasteiger charge is -2.35. The smallest absolute Gasteiger partial charge is 0.315 e. The summed E-state index contributed by atoms with van der Waals surface area (Å²) in [6, 6.07) is 14.7. The molecule has 2 atom stereocenters. The van der Waals surface area contributed by atoms with E-state index in [9.17, 15) is 14.7 Å². The number of benzene rings is 2. The molecule has 7 nitrogen and oxygen atoms in total. The number of imidazole rings is 1. The molecule has 7 heteroatoms. The number of carboxylic acids is 1. The van der Waals surface area contributed by atoms with Crippen LogP contribution in [0.25, 0.3) is 5.69 Å². The number of fused-ring (bicyclic) bond motifs is 3. The Kier molecular flexibility index (Phi) is 3.91. The Balaban J connectivity index is 1.44. The van der Waals surface area contributed by atoms with Crippen molar-refractivity contribution in [1.29, 1.82) is 0 Å². The predicted octanol–water partition coefficient (Wildman–Crippen LogP) is 2.58. The molecule has 2 aromatic carbocycles. The standard InChI is InChI=1S/C22H19N3O4/c26-20(15-5-7-16(8-6-15)24-10-9-23-14-24)25-11-18-17-3-1-2-4-19(17)29-13-22(18,12-25)21(27)28/h1-10,14,18H,11-13H2,(H,27,28)/t18-,22-/m0/s1. The summed E-state index contributed by atoms with van der Waals surface area (Å²) in [5.41, 5.74) is 1.16.